The van der Waals surface area contributed by atoms with Crippen molar-refractivity contribution >= 4 is 27.6 Å². The second kappa shape index (κ2) is 7.98. The zero-order chi connectivity index (χ0) is 19.3. The van der Waals surface area contributed by atoms with Crippen molar-refractivity contribution in [3.05, 3.63) is 59.2 Å². The van der Waals surface area contributed by atoms with Crippen LogP contribution in [-0.2, 0) is 26.1 Å². The summed E-state index contributed by atoms with van der Waals surface area (Å²) in [6, 6.07) is 9.70. The average Bonchev–Trinajstić information content (AvgIpc) is 2.66. The summed E-state index contributed by atoms with van der Waals surface area (Å²) in [5.41, 5.74) is 0.208. The highest BCUT2D eigenvalue weighted by Crippen LogP contribution is 2.24. The number of esters is 2. The van der Waals surface area contributed by atoms with Crippen LogP contribution in [0.3, 0.4) is 0 Å². The second-order valence-corrected chi connectivity index (χ2v) is 6.77. The van der Waals surface area contributed by atoms with E-state index in [1.54, 1.807) is 18.2 Å². The molecule has 0 bridgehead atoms. The van der Waals surface area contributed by atoms with Crippen molar-refractivity contribution < 1.29 is 32.6 Å². The maximum Gasteiger partial charge on any atom is 0.339 e. The molecule has 0 saturated carbocycles. The van der Waals surface area contributed by atoms with E-state index in [9.17, 15) is 23.1 Å². The zero-order valence-corrected chi connectivity index (χ0v) is 14.9. The molecule has 8 nitrogen and oxygen atoms in total. The molecule has 0 fully saturated rings. The molecule has 0 aliphatic rings. The Balaban J connectivity index is 2.58. The number of hydrogen-bond acceptors (Lipinski definition) is 7. The number of carbonyl (C=O) groups is 2. The number of sulfonamides is 1. The molecular formula is C17H17NO7S. The van der Waals surface area contributed by atoms with E-state index in [1.807, 2.05) is 0 Å². The van der Waals surface area contributed by atoms with E-state index < -0.39 is 26.9 Å². The predicted molar refractivity (Wildman–Crippen MR) is 92.3 cm³/mol. The third kappa shape index (κ3) is 4.01. The van der Waals surface area contributed by atoms with Gasteiger partial charge in [-0.05, 0) is 24.3 Å². The Morgan fingerprint density at radius 2 is 1.69 bits per heavy atom. The minimum atomic E-state index is -4.27. The Morgan fingerprint density at radius 1 is 1.04 bits per heavy atom. The topological polar surface area (TPSA) is 119 Å². The molecule has 0 spiro atoms. The van der Waals surface area contributed by atoms with Crippen LogP contribution in [-0.4, -0.2) is 39.7 Å². The number of aliphatic hydroxyl groups excluding tert-OH is 1. The normalized spacial score (nSPS) is 10.9. The molecule has 2 aromatic carbocycles. The average molecular weight is 379 g/mol. The lowest BCUT2D eigenvalue weighted by atomic mass is 10.1. The first kappa shape index (κ1) is 19.4. The molecule has 2 aromatic rings. The number of benzene rings is 2. The Morgan fingerprint density at radius 3 is 2.31 bits per heavy atom. The number of anilines is 1. The van der Waals surface area contributed by atoms with Gasteiger partial charge in [-0.25, -0.2) is 18.0 Å². The summed E-state index contributed by atoms with van der Waals surface area (Å²) in [7, 11) is -2.00. The van der Waals surface area contributed by atoms with E-state index in [0.717, 1.165) is 20.3 Å². The van der Waals surface area contributed by atoms with Crippen molar-refractivity contribution in [1.29, 1.82) is 0 Å². The molecule has 26 heavy (non-hydrogen) atoms. The largest absolute Gasteiger partial charge is 0.465 e. The summed E-state index contributed by atoms with van der Waals surface area (Å²) in [4.78, 5) is 23.2. The number of hydrogen-bond donors (Lipinski definition) is 2. The number of methoxy groups -OCH3 is 2. The highest BCUT2D eigenvalue weighted by atomic mass is 32.2. The summed E-state index contributed by atoms with van der Waals surface area (Å²) >= 11 is 0. The number of ether oxygens (including phenoxy) is 2. The molecule has 138 valence electrons. The van der Waals surface area contributed by atoms with Crippen molar-refractivity contribution in [3.63, 3.8) is 0 Å². The second-order valence-electron chi connectivity index (χ2n) is 5.11. The van der Waals surface area contributed by atoms with Crippen molar-refractivity contribution in [3.8, 4) is 0 Å². The van der Waals surface area contributed by atoms with Crippen LogP contribution >= 0.6 is 0 Å². The van der Waals surface area contributed by atoms with Crippen LogP contribution in [0, 0.1) is 0 Å². The highest BCUT2D eigenvalue weighted by Gasteiger charge is 2.26. The van der Waals surface area contributed by atoms with E-state index in [0.29, 0.717) is 5.56 Å². The van der Waals surface area contributed by atoms with Gasteiger partial charge in [-0.15, -0.1) is 0 Å². The number of para-hydroxylation sites is 1. The molecule has 9 heteroatoms. The first-order valence-corrected chi connectivity index (χ1v) is 8.84. The molecule has 0 atom stereocenters. The van der Waals surface area contributed by atoms with Gasteiger partial charge in [-0.3, -0.25) is 4.72 Å². The standard InChI is InChI=1S/C17H17NO7S/c1-24-16(20)11-7-8-13(17(21)25-2)15(9-11)26(22,23)18-14-6-4-3-5-12(14)10-19/h3-9,18-19H,10H2,1-2H3. The van der Waals surface area contributed by atoms with E-state index in [-0.39, 0.29) is 23.4 Å². The Kier molecular flexibility index (Phi) is 5.96. The maximum atomic E-state index is 12.8. The number of rotatable bonds is 6. The lowest BCUT2D eigenvalue weighted by Crippen LogP contribution is -2.19. The molecule has 0 amide bonds. The van der Waals surface area contributed by atoms with Crippen molar-refractivity contribution in [1.82, 2.24) is 0 Å². The van der Waals surface area contributed by atoms with Gasteiger partial charge in [0.2, 0.25) is 0 Å². The number of carbonyl (C=O) groups excluding carboxylic acids is 2. The molecule has 0 heterocycles. The van der Waals surface area contributed by atoms with E-state index >= 15 is 0 Å². The monoisotopic (exact) mass is 379 g/mol. The third-order valence-corrected chi connectivity index (χ3v) is 4.94. The van der Waals surface area contributed by atoms with Gasteiger partial charge < -0.3 is 14.6 Å². The van der Waals surface area contributed by atoms with Gasteiger partial charge >= 0.3 is 11.9 Å². The quantitative estimate of drug-likeness (QED) is 0.731. The van der Waals surface area contributed by atoms with Crippen LogP contribution in [0.15, 0.2) is 47.4 Å². The fraction of sp³-hybridized carbons (Fsp3) is 0.176. The summed E-state index contributed by atoms with van der Waals surface area (Å²) in [6.07, 6.45) is 0. The Hall–Kier alpha value is -2.91. The van der Waals surface area contributed by atoms with Crippen LogP contribution in [0.4, 0.5) is 5.69 Å². The van der Waals surface area contributed by atoms with Gasteiger partial charge in [-0.1, -0.05) is 18.2 Å². The first-order chi connectivity index (χ1) is 12.3. The summed E-state index contributed by atoms with van der Waals surface area (Å²) in [6.45, 7) is -0.384. The molecule has 0 saturated heterocycles. The zero-order valence-electron chi connectivity index (χ0n) is 14.1. The fourth-order valence-electron chi connectivity index (χ4n) is 2.23. The van der Waals surface area contributed by atoms with Crippen molar-refractivity contribution in [2.75, 3.05) is 18.9 Å². The van der Waals surface area contributed by atoms with Crippen LogP contribution < -0.4 is 4.72 Å². The molecular weight excluding hydrogens is 362 g/mol. The lowest BCUT2D eigenvalue weighted by molar-refractivity contribution is 0.0583. The molecule has 0 unspecified atom stereocenters. The fourth-order valence-corrected chi connectivity index (χ4v) is 3.55. The van der Waals surface area contributed by atoms with Crippen LogP contribution in [0.25, 0.3) is 0 Å². The minimum Gasteiger partial charge on any atom is -0.465 e. The summed E-state index contributed by atoms with van der Waals surface area (Å²) in [5, 5.41) is 9.35. The van der Waals surface area contributed by atoms with Gasteiger partial charge in [0.1, 0.15) is 4.90 Å². The SMILES string of the molecule is COC(=O)c1ccc(C(=O)OC)c(S(=O)(=O)Nc2ccccc2CO)c1. The lowest BCUT2D eigenvalue weighted by Gasteiger charge is -2.14. The third-order valence-electron chi connectivity index (χ3n) is 3.53. The molecule has 0 aliphatic heterocycles. The van der Waals surface area contributed by atoms with E-state index in [2.05, 4.69) is 14.2 Å². The molecule has 0 radical (unpaired) electrons. The van der Waals surface area contributed by atoms with Crippen LogP contribution in [0.5, 0.6) is 0 Å². The first-order valence-electron chi connectivity index (χ1n) is 7.36. The van der Waals surface area contributed by atoms with Crippen LogP contribution in [0.1, 0.15) is 26.3 Å². The number of nitrogens with one attached hydrogen (secondary N) is 1. The highest BCUT2D eigenvalue weighted by molar-refractivity contribution is 7.92. The van der Waals surface area contributed by atoms with Crippen molar-refractivity contribution in [2.45, 2.75) is 11.5 Å². The minimum absolute atomic E-state index is 0.0454. The van der Waals surface area contributed by atoms with Crippen LogP contribution in [0.2, 0.25) is 0 Å². The molecule has 2 N–H and O–H groups in total. The van der Waals surface area contributed by atoms with Gasteiger partial charge in [0, 0.05) is 5.56 Å². The van der Waals surface area contributed by atoms with Gasteiger partial charge in [0.25, 0.3) is 10.0 Å². The van der Waals surface area contributed by atoms with Gasteiger partial charge in [0.05, 0.1) is 37.6 Å². The Bertz CT molecular complexity index is 938. The van der Waals surface area contributed by atoms with Crippen molar-refractivity contribution in [2.24, 2.45) is 0 Å². The van der Waals surface area contributed by atoms with E-state index in [4.69, 9.17) is 0 Å². The predicted octanol–water partition coefficient (Wildman–Crippen LogP) is 1.55. The van der Waals surface area contributed by atoms with Gasteiger partial charge in [0.15, 0.2) is 0 Å². The smallest absolute Gasteiger partial charge is 0.339 e. The summed E-state index contributed by atoms with van der Waals surface area (Å²) < 4.78 is 37.1. The molecule has 0 aliphatic carbocycles. The van der Waals surface area contributed by atoms with Gasteiger partial charge in [-0.2, -0.15) is 0 Å². The summed E-state index contributed by atoms with van der Waals surface area (Å²) in [5.74, 6) is -1.63. The number of aliphatic hydroxyl groups is 1. The molecule has 0 aromatic heterocycles. The molecule has 2 rings (SSSR count). The van der Waals surface area contributed by atoms with E-state index in [1.165, 1.54) is 18.2 Å². The Labute approximate surface area is 150 Å². The maximum absolute atomic E-state index is 12.8.